The Morgan fingerprint density at radius 3 is 3.05 bits per heavy atom. The number of rotatable bonds is 4. The Bertz CT molecular complexity index is 485. The summed E-state index contributed by atoms with van der Waals surface area (Å²) in [5.41, 5.74) is 1.22. The third-order valence-corrected chi connectivity index (χ3v) is 5.48. The largest absolute Gasteiger partial charge is 0.341 e. The molecule has 20 heavy (non-hydrogen) atoms. The monoisotopic (exact) mass is 290 g/mol. The average molecular weight is 290 g/mol. The maximum Gasteiger partial charge on any atom is 0.231 e. The van der Waals surface area contributed by atoms with Crippen LogP contribution in [-0.4, -0.2) is 42.2 Å². The lowest BCUT2D eigenvalue weighted by Crippen LogP contribution is -2.43. The molecule has 0 bridgehead atoms. The van der Waals surface area contributed by atoms with Crippen molar-refractivity contribution in [1.29, 1.82) is 0 Å². The molecule has 0 saturated carbocycles. The summed E-state index contributed by atoms with van der Waals surface area (Å²) in [6.07, 6.45) is 2.43. The van der Waals surface area contributed by atoms with Gasteiger partial charge in [-0.25, -0.2) is 0 Å². The topological polar surface area (TPSA) is 32.3 Å². The van der Waals surface area contributed by atoms with Crippen molar-refractivity contribution in [2.45, 2.75) is 36.6 Å². The molecule has 2 aliphatic rings. The molecule has 2 atom stereocenters. The minimum Gasteiger partial charge on any atom is -0.341 e. The van der Waals surface area contributed by atoms with E-state index in [4.69, 9.17) is 0 Å². The summed E-state index contributed by atoms with van der Waals surface area (Å²) in [6, 6.07) is 8.82. The van der Waals surface area contributed by atoms with Gasteiger partial charge in [0.25, 0.3) is 0 Å². The van der Waals surface area contributed by atoms with E-state index in [0.717, 1.165) is 25.4 Å². The Kier molecular flexibility index (Phi) is 4.32. The van der Waals surface area contributed by atoms with Gasteiger partial charge in [0.05, 0.1) is 5.92 Å². The lowest BCUT2D eigenvalue weighted by molar-refractivity contribution is -0.132. The zero-order valence-corrected chi connectivity index (χ0v) is 12.8. The van der Waals surface area contributed by atoms with Gasteiger partial charge in [-0.3, -0.25) is 4.79 Å². The van der Waals surface area contributed by atoms with Crippen molar-refractivity contribution in [3.05, 3.63) is 29.8 Å². The molecule has 1 N–H and O–H groups in total. The van der Waals surface area contributed by atoms with Crippen LogP contribution in [0.1, 0.15) is 31.2 Å². The number of fused-ring (bicyclic) bond motifs is 1. The van der Waals surface area contributed by atoms with E-state index in [0.29, 0.717) is 11.9 Å². The van der Waals surface area contributed by atoms with Crippen molar-refractivity contribution in [2.75, 3.05) is 25.4 Å². The normalized spacial score (nSPS) is 24.6. The summed E-state index contributed by atoms with van der Waals surface area (Å²) in [7, 11) is 0. The van der Waals surface area contributed by atoms with E-state index in [1.165, 1.54) is 23.3 Å². The first kappa shape index (κ1) is 14.0. The predicted octanol–water partition coefficient (Wildman–Crippen LogP) is 2.48. The number of likely N-dealkylation sites (N-methyl/N-ethyl adjacent to an activating group) is 1. The molecule has 108 valence electrons. The van der Waals surface area contributed by atoms with Gasteiger partial charge in [-0.15, -0.1) is 11.8 Å². The summed E-state index contributed by atoms with van der Waals surface area (Å²) in [4.78, 5) is 16.1. The summed E-state index contributed by atoms with van der Waals surface area (Å²) < 4.78 is 0. The first-order chi connectivity index (χ1) is 9.79. The Balaban J connectivity index is 1.71. The molecule has 4 heteroatoms. The number of amides is 1. The van der Waals surface area contributed by atoms with E-state index in [1.807, 2.05) is 22.7 Å². The van der Waals surface area contributed by atoms with Crippen LogP contribution in [0.4, 0.5) is 0 Å². The fraction of sp³-hybridized carbons (Fsp3) is 0.562. The van der Waals surface area contributed by atoms with Crippen molar-refractivity contribution in [3.8, 4) is 0 Å². The van der Waals surface area contributed by atoms with Crippen LogP contribution in [0.5, 0.6) is 0 Å². The van der Waals surface area contributed by atoms with Crippen LogP contribution in [0.25, 0.3) is 0 Å². The lowest BCUT2D eigenvalue weighted by Gasteiger charge is -2.27. The van der Waals surface area contributed by atoms with Crippen molar-refractivity contribution >= 4 is 17.7 Å². The van der Waals surface area contributed by atoms with Gasteiger partial charge in [-0.05, 0) is 37.9 Å². The van der Waals surface area contributed by atoms with Gasteiger partial charge in [0, 0.05) is 29.8 Å². The third kappa shape index (κ3) is 2.72. The number of carbonyl (C=O) groups is 1. The second-order valence-corrected chi connectivity index (χ2v) is 6.63. The van der Waals surface area contributed by atoms with Crippen LogP contribution in [0.15, 0.2) is 29.2 Å². The van der Waals surface area contributed by atoms with Crippen molar-refractivity contribution in [1.82, 2.24) is 10.2 Å². The molecule has 1 amide bonds. The molecular formula is C16H22N2OS. The van der Waals surface area contributed by atoms with E-state index >= 15 is 0 Å². The molecule has 0 radical (unpaired) electrons. The number of nitrogens with one attached hydrogen (secondary N) is 1. The molecule has 1 saturated heterocycles. The van der Waals surface area contributed by atoms with Crippen LogP contribution in [0, 0.1) is 0 Å². The van der Waals surface area contributed by atoms with Crippen molar-refractivity contribution < 1.29 is 4.79 Å². The molecule has 1 aromatic carbocycles. The first-order valence-electron chi connectivity index (χ1n) is 7.53. The van der Waals surface area contributed by atoms with Gasteiger partial charge in [0.2, 0.25) is 5.91 Å². The summed E-state index contributed by atoms with van der Waals surface area (Å²) >= 11 is 1.81. The van der Waals surface area contributed by atoms with E-state index in [1.54, 1.807) is 0 Å². The quantitative estimate of drug-likeness (QED) is 0.924. The molecule has 3 rings (SSSR count). The molecule has 2 heterocycles. The standard InChI is InChI=1S/C16H22N2OS/c1-2-18(10-12-6-5-9-17-12)16(19)14-11-20-15-8-4-3-7-13(14)15/h3-4,7-8,12,14,17H,2,5-6,9-11H2,1H3. The van der Waals surface area contributed by atoms with Crippen LogP contribution >= 0.6 is 11.8 Å². The molecule has 0 aliphatic carbocycles. The number of carbonyl (C=O) groups excluding carboxylic acids is 1. The minimum absolute atomic E-state index is 0.0533. The number of nitrogens with zero attached hydrogens (tertiary/aromatic N) is 1. The lowest BCUT2D eigenvalue weighted by atomic mass is 9.99. The number of hydrogen-bond donors (Lipinski definition) is 1. The molecule has 2 unspecified atom stereocenters. The zero-order valence-electron chi connectivity index (χ0n) is 12.0. The van der Waals surface area contributed by atoms with Crippen LogP contribution in [0.2, 0.25) is 0 Å². The van der Waals surface area contributed by atoms with Crippen LogP contribution in [-0.2, 0) is 4.79 Å². The van der Waals surface area contributed by atoms with Gasteiger partial charge >= 0.3 is 0 Å². The van der Waals surface area contributed by atoms with Gasteiger partial charge < -0.3 is 10.2 Å². The average Bonchev–Trinajstić information content (AvgIpc) is 3.13. The van der Waals surface area contributed by atoms with Crippen LogP contribution < -0.4 is 5.32 Å². The summed E-state index contributed by atoms with van der Waals surface area (Å²) in [5.74, 6) is 1.25. The SMILES string of the molecule is CCN(CC1CCCN1)C(=O)C1CSc2ccccc21. The Morgan fingerprint density at radius 1 is 1.45 bits per heavy atom. The zero-order chi connectivity index (χ0) is 13.9. The number of thioether (sulfide) groups is 1. The fourth-order valence-electron chi connectivity index (χ4n) is 3.14. The van der Waals surface area contributed by atoms with E-state index in [-0.39, 0.29) is 5.92 Å². The Hall–Kier alpha value is -1.00. The van der Waals surface area contributed by atoms with E-state index in [2.05, 4.69) is 30.4 Å². The van der Waals surface area contributed by atoms with E-state index in [9.17, 15) is 4.79 Å². The smallest absolute Gasteiger partial charge is 0.231 e. The highest BCUT2D eigenvalue weighted by atomic mass is 32.2. The van der Waals surface area contributed by atoms with Gasteiger partial charge in [-0.1, -0.05) is 18.2 Å². The summed E-state index contributed by atoms with van der Waals surface area (Å²) in [5, 5.41) is 3.49. The Labute approximate surface area is 125 Å². The van der Waals surface area contributed by atoms with Crippen LogP contribution in [0.3, 0.4) is 0 Å². The maximum absolute atomic E-state index is 12.8. The number of hydrogen-bond acceptors (Lipinski definition) is 3. The minimum atomic E-state index is 0.0533. The molecule has 1 aromatic rings. The van der Waals surface area contributed by atoms with Crippen molar-refractivity contribution in [2.24, 2.45) is 0 Å². The van der Waals surface area contributed by atoms with Gasteiger partial charge in [-0.2, -0.15) is 0 Å². The van der Waals surface area contributed by atoms with Gasteiger partial charge in [0.15, 0.2) is 0 Å². The predicted molar refractivity (Wildman–Crippen MR) is 83.2 cm³/mol. The highest BCUT2D eigenvalue weighted by Crippen LogP contribution is 2.40. The number of benzene rings is 1. The second-order valence-electron chi connectivity index (χ2n) is 5.57. The fourth-order valence-corrected chi connectivity index (χ4v) is 4.36. The third-order valence-electron chi connectivity index (χ3n) is 4.29. The van der Waals surface area contributed by atoms with Gasteiger partial charge in [0.1, 0.15) is 0 Å². The molecule has 0 spiro atoms. The molecule has 1 fully saturated rings. The Morgan fingerprint density at radius 2 is 2.30 bits per heavy atom. The maximum atomic E-state index is 12.8. The molecule has 0 aromatic heterocycles. The highest BCUT2D eigenvalue weighted by molar-refractivity contribution is 7.99. The molecular weight excluding hydrogens is 268 g/mol. The van der Waals surface area contributed by atoms with Crippen molar-refractivity contribution in [3.63, 3.8) is 0 Å². The highest BCUT2D eigenvalue weighted by Gasteiger charge is 2.32. The summed E-state index contributed by atoms with van der Waals surface area (Å²) in [6.45, 7) is 4.85. The second kappa shape index (κ2) is 6.19. The molecule has 2 aliphatic heterocycles. The van der Waals surface area contributed by atoms with E-state index < -0.39 is 0 Å². The first-order valence-corrected chi connectivity index (χ1v) is 8.52. The molecule has 3 nitrogen and oxygen atoms in total.